The van der Waals surface area contributed by atoms with E-state index < -0.39 is 12.0 Å². The van der Waals surface area contributed by atoms with Gasteiger partial charge in [-0.2, -0.15) is 0 Å². The number of carboxylic acid groups (broad SMARTS) is 1. The van der Waals surface area contributed by atoms with Crippen LogP contribution in [-0.2, 0) is 18.3 Å². The van der Waals surface area contributed by atoms with Crippen LogP contribution in [-0.4, -0.2) is 26.7 Å². The Labute approximate surface area is 69.8 Å². The molecule has 0 aliphatic heterocycles. The molecule has 66 valence electrons. The Bertz CT molecular complexity index is 282. The standard InChI is InChI=1S/C7H11N3O2/c1-10-4-9-3-5(10)2-6(8)7(11)12/h3-4,6H,2,8H2,1H3,(H,11,12)/p+1/t6-/m0/s1. The van der Waals surface area contributed by atoms with E-state index in [4.69, 9.17) is 5.11 Å². The molecule has 1 rings (SSSR count). The normalized spacial score (nSPS) is 12.8. The van der Waals surface area contributed by atoms with Gasteiger partial charge in [0.05, 0.1) is 12.7 Å². The number of carbonyl (C=O) groups is 1. The molecule has 1 aromatic rings. The van der Waals surface area contributed by atoms with Gasteiger partial charge in [-0.25, -0.2) is 9.78 Å². The molecule has 5 nitrogen and oxygen atoms in total. The average Bonchev–Trinajstić information content (AvgIpc) is 2.36. The van der Waals surface area contributed by atoms with Gasteiger partial charge >= 0.3 is 5.97 Å². The summed E-state index contributed by atoms with van der Waals surface area (Å²) in [5, 5.41) is 8.58. The zero-order valence-corrected chi connectivity index (χ0v) is 6.90. The van der Waals surface area contributed by atoms with Crippen molar-refractivity contribution in [1.82, 2.24) is 9.55 Å². The number of hydrogen-bond acceptors (Lipinski definition) is 2. The molecule has 1 aromatic heterocycles. The minimum atomic E-state index is -0.879. The Morgan fingerprint density at radius 3 is 3.00 bits per heavy atom. The summed E-state index contributed by atoms with van der Waals surface area (Å²) in [6.45, 7) is 0. The van der Waals surface area contributed by atoms with E-state index in [9.17, 15) is 4.79 Å². The molecule has 0 spiro atoms. The van der Waals surface area contributed by atoms with Gasteiger partial charge in [0, 0.05) is 18.9 Å². The first-order valence-electron chi connectivity index (χ1n) is 3.62. The molecular formula is C7H12N3O2+. The van der Waals surface area contributed by atoms with Crippen molar-refractivity contribution in [2.45, 2.75) is 12.5 Å². The van der Waals surface area contributed by atoms with Gasteiger partial charge in [-0.1, -0.05) is 0 Å². The van der Waals surface area contributed by atoms with Crippen LogP contribution in [0.4, 0.5) is 0 Å². The van der Waals surface area contributed by atoms with Gasteiger partial charge < -0.3 is 15.4 Å². The molecule has 5 heteroatoms. The van der Waals surface area contributed by atoms with Crippen molar-refractivity contribution in [1.29, 1.82) is 0 Å². The fourth-order valence-corrected chi connectivity index (χ4v) is 0.921. The first-order valence-corrected chi connectivity index (χ1v) is 3.62. The van der Waals surface area contributed by atoms with Crippen molar-refractivity contribution >= 4 is 5.97 Å². The molecule has 1 heterocycles. The molecule has 0 saturated heterocycles. The van der Waals surface area contributed by atoms with Crippen LogP contribution >= 0.6 is 0 Å². The Morgan fingerprint density at radius 2 is 2.58 bits per heavy atom. The molecule has 0 bridgehead atoms. The topological polar surface area (TPSA) is 82.8 Å². The third-order valence-corrected chi connectivity index (χ3v) is 1.72. The summed E-state index contributed by atoms with van der Waals surface area (Å²) in [5.74, 6) is -0.879. The number of aryl methyl sites for hydroxylation is 1. The van der Waals surface area contributed by atoms with Crippen molar-refractivity contribution in [2.75, 3.05) is 0 Å². The van der Waals surface area contributed by atoms with E-state index in [-0.39, 0.29) is 0 Å². The molecule has 0 aliphatic rings. The minimum absolute atomic E-state index is 0.422. The summed E-state index contributed by atoms with van der Waals surface area (Å²) < 4.78 is 1.79. The highest BCUT2D eigenvalue weighted by Gasteiger charge is 2.17. The van der Waals surface area contributed by atoms with Crippen molar-refractivity contribution < 1.29 is 15.6 Å². The highest BCUT2D eigenvalue weighted by atomic mass is 16.4. The lowest BCUT2D eigenvalue weighted by atomic mass is 10.2. The number of aliphatic carboxylic acids is 1. The van der Waals surface area contributed by atoms with Gasteiger partial charge in [-0.05, 0) is 0 Å². The van der Waals surface area contributed by atoms with Crippen molar-refractivity contribution in [3.8, 4) is 0 Å². The second-order valence-corrected chi connectivity index (χ2v) is 2.74. The van der Waals surface area contributed by atoms with Crippen LogP contribution in [0.5, 0.6) is 0 Å². The maximum absolute atomic E-state index is 10.4. The van der Waals surface area contributed by atoms with E-state index in [1.165, 1.54) is 0 Å². The van der Waals surface area contributed by atoms with Crippen LogP contribution in [0, 0.1) is 0 Å². The quantitative estimate of drug-likeness (QED) is 0.588. The molecule has 1 atom stereocenters. The number of quaternary nitrogens is 1. The highest BCUT2D eigenvalue weighted by molar-refractivity contribution is 5.71. The third-order valence-electron chi connectivity index (χ3n) is 1.72. The summed E-state index contributed by atoms with van der Waals surface area (Å²) >= 11 is 0. The minimum Gasteiger partial charge on any atom is -0.477 e. The Hall–Kier alpha value is -1.36. The highest BCUT2D eigenvalue weighted by Crippen LogP contribution is 1.98. The van der Waals surface area contributed by atoms with Gasteiger partial charge in [-0.3, -0.25) is 0 Å². The molecule has 0 amide bonds. The molecule has 0 unspecified atom stereocenters. The second kappa shape index (κ2) is 3.36. The lowest BCUT2D eigenvalue weighted by molar-refractivity contribution is -0.407. The van der Waals surface area contributed by atoms with Crippen LogP contribution in [0.15, 0.2) is 12.5 Å². The van der Waals surface area contributed by atoms with E-state index in [0.29, 0.717) is 6.42 Å². The number of rotatable bonds is 3. The maximum atomic E-state index is 10.4. The monoisotopic (exact) mass is 170 g/mol. The summed E-state index contributed by atoms with van der Waals surface area (Å²) in [6, 6.07) is -0.597. The average molecular weight is 170 g/mol. The van der Waals surface area contributed by atoms with Crippen molar-refractivity contribution in [3.05, 3.63) is 18.2 Å². The van der Waals surface area contributed by atoms with E-state index in [1.54, 1.807) is 17.1 Å². The number of aromatic nitrogens is 2. The summed E-state index contributed by atoms with van der Waals surface area (Å²) in [6.07, 6.45) is 3.72. The van der Waals surface area contributed by atoms with E-state index in [0.717, 1.165) is 5.69 Å². The zero-order valence-electron chi connectivity index (χ0n) is 6.90. The first kappa shape index (κ1) is 8.73. The molecule has 12 heavy (non-hydrogen) atoms. The Morgan fingerprint density at radius 1 is 1.92 bits per heavy atom. The first-order chi connectivity index (χ1) is 5.61. The number of imidazole rings is 1. The summed E-state index contributed by atoms with van der Waals surface area (Å²) in [4.78, 5) is 14.3. The Balaban J connectivity index is 2.64. The SMILES string of the molecule is Cn1cncc1C[C@H]([NH3+])C(=O)O. The van der Waals surface area contributed by atoms with Crippen LogP contribution in [0.2, 0.25) is 0 Å². The molecule has 0 radical (unpaired) electrons. The van der Waals surface area contributed by atoms with Crippen molar-refractivity contribution in [2.24, 2.45) is 7.05 Å². The molecule has 0 aromatic carbocycles. The van der Waals surface area contributed by atoms with Gasteiger partial charge in [0.15, 0.2) is 6.04 Å². The van der Waals surface area contributed by atoms with Crippen molar-refractivity contribution in [3.63, 3.8) is 0 Å². The second-order valence-electron chi connectivity index (χ2n) is 2.74. The van der Waals surface area contributed by atoms with E-state index >= 15 is 0 Å². The van der Waals surface area contributed by atoms with Gasteiger partial charge in [-0.15, -0.1) is 0 Å². The zero-order chi connectivity index (χ0) is 9.14. The van der Waals surface area contributed by atoms with Gasteiger partial charge in [0.25, 0.3) is 0 Å². The Kier molecular flexibility index (Phi) is 2.44. The lowest BCUT2D eigenvalue weighted by Gasteiger charge is -2.02. The molecule has 0 aliphatic carbocycles. The maximum Gasteiger partial charge on any atom is 0.362 e. The van der Waals surface area contributed by atoms with Crippen LogP contribution < -0.4 is 5.73 Å². The van der Waals surface area contributed by atoms with Crippen LogP contribution in [0.1, 0.15) is 5.69 Å². The fraction of sp³-hybridized carbons (Fsp3) is 0.429. The molecular weight excluding hydrogens is 158 g/mol. The number of carboxylic acids is 1. The predicted octanol–water partition coefficient (Wildman–Crippen LogP) is -1.34. The van der Waals surface area contributed by atoms with Crippen LogP contribution in [0.3, 0.4) is 0 Å². The smallest absolute Gasteiger partial charge is 0.362 e. The van der Waals surface area contributed by atoms with Gasteiger partial charge in [0.1, 0.15) is 0 Å². The number of hydrogen-bond donors (Lipinski definition) is 2. The summed E-state index contributed by atoms with van der Waals surface area (Å²) in [7, 11) is 1.83. The fourth-order valence-electron chi connectivity index (χ4n) is 0.921. The molecule has 0 fully saturated rings. The third kappa shape index (κ3) is 1.82. The van der Waals surface area contributed by atoms with E-state index in [2.05, 4.69) is 10.7 Å². The lowest BCUT2D eigenvalue weighted by Crippen LogP contribution is -2.66. The summed E-state index contributed by atoms with van der Waals surface area (Å²) in [5.41, 5.74) is 4.40. The molecule has 4 N–H and O–H groups in total. The number of nitrogens with zero attached hydrogens (tertiary/aromatic N) is 2. The van der Waals surface area contributed by atoms with Gasteiger partial charge in [0.2, 0.25) is 0 Å². The predicted molar refractivity (Wildman–Crippen MR) is 41.2 cm³/mol. The largest absolute Gasteiger partial charge is 0.477 e. The molecule has 0 saturated carbocycles. The van der Waals surface area contributed by atoms with Crippen LogP contribution in [0.25, 0.3) is 0 Å². The van der Waals surface area contributed by atoms with E-state index in [1.807, 2.05) is 7.05 Å².